The molecule has 7 nitrogen and oxygen atoms in total. The van der Waals surface area contributed by atoms with Crippen LogP contribution in [-0.4, -0.2) is 36.6 Å². The lowest BCUT2D eigenvalue weighted by Crippen LogP contribution is -2.47. The third-order valence-electron chi connectivity index (χ3n) is 5.25. The molecule has 2 unspecified atom stereocenters. The first-order valence-corrected chi connectivity index (χ1v) is 11.4. The highest BCUT2D eigenvalue weighted by molar-refractivity contribution is 7.89. The van der Waals surface area contributed by atoms with Gasteiger partial charge in [0.25, 0.3) is 5.91 Å². The molecule has 160 valence electrons. The normalized spacial score (nSPS) is 19.8. The Labute approximate surface area is 177 Å². The number of amides is 2. The molecular weight excluding hydrogens is 402 g/mol. The maximum atomic E-state index is 13.1. The fraction of sp³-hybridized carbons (Fsp3) is 0.364. The van der Waals surface area contributed by atoms with Crippen LogP contribution in [0.25, 0.3) is 0 Å². The minimum absolute atomic E-state index is 0.0333. The number of piperidine rings is 1. The number of hydrogen-bond acceptors (Lipinski definition) is 4. The van der Waals surface area contributed by atoms with E-state index in [2.05, 4.69) is 10.6 Å². The molecule has 0 spiro atoms. The average molecular weight is 430 g/mol. The second-order valence-corrected chi connectivity index (χ2v) is 9.55. The summed E-state index contributed by atoms with van der Waals surface area (Å²) in [5.74, 6) is -0.571. The van der Waals surface area contributed by atoms with Crippen molar-refractivity contribution < 1.29 is 18.0 Å². The van der Waals surface area contributed by atoms with E-state index in [1.807, 2.05) is 13.8 Å². The molecule has 8 heteroatoms. The first kappa shape index (κ1) is 22.0. The second kappa shape index (κ2) is 8.97. The Bertz CT molecular complexity index is 1020. The molecule has 1 saturated heterocycles. The van der Waals surface area contributed by atoms with Crippen molar-refractivity contribution in [1.82, 2.24) is 4.31 Å². The van der Waals surface area contributed by atoms with E-state index in [9.17, 15) is 18.0 Å². The van der Waals surface area contributed by atoms with Crippen LogP contribution in [0.15, 0.2) is 53.4 Å². The Morgan fingerprint density at radius 2 is 1.57 bits per heavy atom. The first-order valence-electron chi connectivity index (χ1n) is 10.0. The molecule has 2 amide bonds. The van der Waals surface area contributed by atoms with Gasteiger partial charge in [-0.2, -0.15) is 4.31 Å². The number of carbonyl (C=O) groups excluding carboxylic acids is 2. The van der Waals surface area contributed by atoms with Gasteiger partial charge in [-0.05, 0) is 69.2 Å². The standard InChI is InChI=1S/C22H27N3O4S/c1-15-6-4-7-16(2)25(15)30(28,29)21-12-10-19(11-13-21)24-22(27)18-8-5-9-20(14-18)23-17(3)26/h5,8-16H,4,6-7H2,1-3H3,(H,23,26)(H,24,27). The predicted octanol–water partition coefficient (Wildman–Crippen LogP) is 3.85. The van der Waals surface area contributed by atoms with Crippen LogP contribution in [0.5, 0.6) is 0 Å². The molecule has 3 rings (SSSR count). The molecule has 1 fully saturated rings. The van der Waals surface area contributed by atoms with E-state index < -0.39 is 10.0 Å². The summed E-state index contributed by atoms with van der Waals surface area (Å²) in [4.78, 5) is 23.9. The number of benzene rings is 2. The quantitative estimate of drug-likeness (QED) is 0.755. The van der Waals surface area contributed by atoms with Gasteiger partial charge in [0.05, 0.1) is 4.90 Å². The lowest BCUT2D eigenvalue weighted by atomic mass is 10.0. The van der Waals surface area contributed by atoms with Gasteiger partial charge in [-0.3, -0.25) is 9.59 Å². The minimum atomic E-state index is -3.59. The fourth-order valence-electron chi connectivity index (χ4n) is 3.85. The van der Waals surface area contributed by atoms with Gasteiger partial charge in [-0.15, -0.1) is 0 Å². The number of rotatable bonds is 5. The number of hydrogen-bond donors (Lipinski definition) is 2. The van der Waals surface area contributed by atoms with Crippen LogP contribution < -0.4 is 10.6 Å². The van der Waals surface area contributed by atoms with Gasteiger partial charge in [0, 0.05) is 35.9 Å². The fourth-order valence-corrected chi connectivity index (χ4v) is 5.73. The Morgan fingerprint density at radius 1 is 0.933 bits per heavy atom. The summed E-state index contributed by atoms with van der Waals surface area (Å²) in [7, 11) is -3.59. The number of nitrogens with one attached hydrogen (secondary N) is 2. The van der Waals surface area contributed by atoms with Crippen molar-refractivity contribution in [3.63, 3.8) is 0 Å². The molecule has 1 aliphatic heterocycles. The third-order valence-corrected chi connectivity index (χ3v) is 7.39. The van der Waals surface area contributed by atoms with Crippen molar-refractivity contribution in [3.05, 3.63) is 54.1 Å². The second-order valence-electron chi connectivity index (χ2n) is 7.70. The van der Waals surface area contributed by atoms with Crippen molar-refractivity contribution in [2.75, 3.05) is 10.6 Å². The molecule has 1 aliphatic rings. The first-order chi connectivity index (χ1) is 14.2. The predicted molar refractivity (Wildman–Crippen MR) is 117 cm³/mol. The Kier molecular flexibility index (Phi) is 6.58. The van der Waals surface area contributed by atoms with Crippen LogP contribution in [-0.2, 0) is 14.8 Å². The molecule has 0 aromatic heterocycles. The van der Waals surface area contributed by atoms with E-state index in [1.54, 1.807) is 40.7 Å². The highest BCUT2D eigenvalue weighted by Gasteiger charge is 2.35. The van der Waals surface area contributed by atoms with E-state index >= 15 is 0 Å². The van der Waals surface area contributed by atoms with Crippen molar-refractivity contribution in [1.29, 1.82) is 0 Å². The molecule has 0 bridgehead atoms. The van der Waals surface area contributed by atoms with Gasteiger partial charge < -0.3 is 10.6 Å². The van der Waals surface area contributed by atoms with Crippen molar-refractivity contribution in [2.45, 2.75) is 57.0 Å². The van der Waals surface area contributed by atoms with Crippen LogP contribution in [0.1, 0.15) is 50.4 Å². The Hall–Kier alpha value is -2.71. The topological polar surface area (TPSA) is 95.6 Å². The van der Waals surface area contributed by atoms with E-state index in [0.717, 1.165) is 19.3 Å². The molecule has 2 N–H and O–H groups in total. The van der Waals surface area contributed by atoms with Gasteiger partial charge in [-0.1, -0.05) is 12.5 Å². The number of carbonyl (C=O) groups is 2. The van der Waals surface area contributed by atoms with Crippen molar-refractivity contribution in [3.8, 4) is 0 Å². The van der Waals surface area contributed by atoms with Gasteiger partial charge in [0.1, 0.15) is 0 Å². The highest BCUT2D eigenvalue weighted by atomic mass is 32.2. The lowest BCUT2D eigenvalue weighted by Gasteiger charge is -2.37. The SMILES string of the molecule is CC(=O)Nc1cccc(C(=O)Nc2ccc(S(=O)(=O)N3C(C)CCCC3C)cc2)c1. The summed E-state index contributed by atoms with van der Waals surface area (Å²) in [5.41, 5.74) is 1.40. The average Bonchev–Trinajstić information content (AvgIpc) is 2.68. The van der Waals surface area contributed by atoms with Gasteiger partial charge in [-0.25, -0.2) is 8.42 Å². The van der Waals surface area contributed by atoms with Crippen molar-refractivity contribution in [2.24, 2.45) is 0 Å². The monoisotopic (exact) mass is 429 g/mol. The summed E-state index contributed by atoms with van der Waals surface area (Å²) in [6.07, 6.45) is 2.74. The number of nitrogens with zero attached hydrogens (tertiary/aromatic N) is 1. The maximum Gasteiger partial charge on any atom is 0.255 e. The molecule has 2 aromatic rings. The zero-order valence-corrected chi connectivity index (χ0v) is 18.2. The minimum Gasteiger partial charge on any atom is -0.326 e. The Balaban J connectivity index is 1.74. The molecule has 2 atom stereocenters. The van der Waals surface area contributed by atoms with Crippen LogP contribution in [0.2, 0.25) is 0 Å². The summed E-state index contributed by atoms with van der Waals surface area (Å²) < 4.78 is 27.8. The molecule has 30 heavy (non-hydrogen) atoms. The third kappa shape index (κ3) is 4.88. The maximum absolute atomic E-state index is 13.1. The molecule has 0 radical (unpaired) electrons. The van der Waals surface area contributed by atoms with E-state index in [4.69, 9.17) is 0 Å². The van der Waals surface area contributed by atoms with Crippen LogP contribution in [0.3, 0.4) is 0 Å². The zero-order chi connectivity index (χ0) is 21.9. The molecular formula is C22H27N3O4S. The highest BCUT2D eigenvalue weighted by Crippen LogP contribution is 2.30. The van der Waals surface area contributed by atoms with Gasteiger partial charge in [0.2, 0.25) is 15.9 Å². The largest absolute Gasteiger partial charge is 0.326 e. The smallest absolute Gasteiger partial charge is 0.255 e. The summed E-state index contributed by atoms with van der Waals surface area (Å²) in [6, 6.07) is 12.7. The lowest BCUT2D eigenvalue weighted by molar-refractivity contribution is -0.114. The van der Waals surface area contributed by atoms with E-state index in [-0.39, 0.29) is 28.8 Å². The van der Waals surface area contributed by atoms with Crippen LogP contribution >= 0.6 is 0 Å². The summed E-state index contributed by atoms with van der Waals surface area (Å²) in [5, 5.41) is 5.39. The molecule has 1 heterocycles. The van der Waals surface area contributed by atoms with Crippen LogP contribution in [0, 0.1) is 0 Å². The zero-order valence-electron chi connectivity index (χ0n) is 17.4. The molecule has 2 aromatic carbocycles. The molecule has 0 saturated carbocycles. The van der Waals surface area contributed by atoms with Crippen molar-refractivity contribution >= 4 is 33.2 Å². The summed E-state index contributed by atoms with van der Waals surface area (Å²) in [6.45, 7) is 5.28. The van der Waals surface area contributed by atoms with Gasteiger partial charge >= 0.3 is 0 Å². The van der Waals surface area contributed by atoms with Crippen LogP contribution in [0.4, 0.5) is 11.4 Å². The number of anilines is 2. The number of sulfonamides is 1. The van der Waals surface area contributed by atoms with Gasteiger partial charge in [0.15, 0.2) is 0 Å². The summed E-state index contributed by atoms with van der Waals surface area (Å²) >= 11 is 0. The Morgan fingerprint density at radius 3 is 2.17 bits per heavy atom. The van der Waals surface area contributed by atoms with E-state index in [1.165, 1.54) is 19.1 Å². The van der Waals surface area contributed by atoms with E-state index in [0.29, 0.717) is 16.9 Å². The molecule has 0 aliphatic carbocycles.